The Kier molecular flexibility index (Phi) is 4.91. The van der Waals surface area contributed by atoms with E-state index in [2.05, 4.69) is 69.5 Å². The number of aromatic nitrogens is 4. The summed E-state index contributed by atoms with van der Waals surface area (Å²) in [6, 6.07) is 25.0. The van der Waals surface area contributed by atoms with Gasteiger partial charge in [-0.15, -0.1) is 0 Å². The lowest BCUT2D eigenvalue weighted by molar-refractivity contribution is 1.28. The number of benzene rings is 1. The zero-order valence-electron chi connectivity index (χ0n) is 16.7. The van der Waals surface area contributed by atoms with Gasteiger partial charge in [-0.05, 0) is 72.3 Å². The lowest BCUT2D eigenvalue weighted by Crippen LogP contribution is -1.78. The quantitative estimate of drug-likeness (QED) is 0.328. The Morgan fingerprint density at radius 1 is 0.516 bits per heavy atom. The van der Waals surface area contributed by atoms with Crippen molar-refractivity contribution in [3.63, 3.8) is 0 Å². The topological polar surface area (TPSA) is 57.4 Å². The van der Waals surface area contributed by atoms with E-state index in [1.165, 1.54) is 5.56 Å². The number of aromatic amines is 2. The van der Waals surface area contributed by atoms with Crippen molar-refractivity contribution in [2.45, 2.75) is 0 Å². The molecule has 3 aromatic heterocycles. The summed E-state index contributed by atoms with van der Waals surface area (Å²) in [7, 11) is 0. The van der Waals surface area contributed by atoms with Crippen LogP contribution in [0.3, 0.4) is 0 Å². The van der Waals surface area contributed by atoms with E-state index in [1.807, 2.05) is 42.5 Å². The molecule has 0 amide bonds. The molecule has 4 nitrogen and oxygen atoms in total. The molecule has 0 unspecified atom stereocenters. The fourth-order valence-electron chi connectivity index (χ4n) is 3.87. The second kappa shape index (κ2) is 7.88. The van der Waals surface area contributed by atoms with E-state index in [0.717, 1.165) is 50.4 Å². The van der Waals surface area contributed by atoms with Crippen molar-refractivity contribution in [1.29, 1.82) is 0 Å². The second-order valence-corrected chi connectivity index (χ2v) is 7.45. The maximum atomic E-state index is 4.76. The second-order valence-electron chi connectivity index (χ2n) is 7.45. The minimum absolute atomic E-state index is 0. The number of rotatable bonds is 1. The van der Waals surface area contributed by atoms with E-state index in [1.54, 1.807) is 0 Å². The van der Waals surface area contributed by atoms with E-state index >= 15 is 0 Å². The molecular formula is C26H18AlN4. The minimum atomic E-state index is 0. The fourth-order valence-corrected chi connectivity index (χ4v) is 3.87. The summed E-state index contributed by atoms with van der Waals surface area (Å²) in [5, 5.41) is 0. The Bertz CT molecular complexity index is 1490. The Labute approximate surface area is 190 Å². The van der Waals surface area contributed by atoms with Crippen LogP contribution in [0.4, 0.5) is 0 Å². The predicted octanol–water partition coefficient (Wildman–Crippen LogP) is 5.94. The molecule has 0 saturated heterocycles. The molecule has 0 atom stereocenters. The summed E-state index contributed by atoms with van der Waals surface area (Å²) in [4.78, 5) is 16.4. The van der Waals surface area contributed by atoms with Gasteiger partial charge in [-0.25, -0.2) is 9.97 Å². The highest BCUT2D eigenvalue weighted by atomic mass is 27.0. The summed E-state index contributed by atoms with van der Waals surface area (Å²) in [6.07, 6.45) is 8.10. The lowest BCUT2D eigenvalue weighted by Gasteiger charge is -1.97. The highest BCUT2D eigenvalue weighted by molar-refractivity contribution is 5.87. The zero-order chi connectivity index (χ0) is 19.9. The van der Waals surface area contributed by atoms with Crippen molar-refractivity contribution in [3.8, 4) is 11.1 Å². The van der Waals surface area contributed by atoms with Crippen LogP contribution in [0.2, 0.25) is 0 Å². The van der Waals surface area contributed by atoms with Gasteiger partial charge in [0.15, 0.2) is 0 Å². The first-order valence-electron chi connectivity index (χ1n) is 9.92. The lowest BCUT2D eigenvalue weighted by atomic mass is 10.1. The molecule has 0 aliphatic carbocycles. The molecular weight excluding hydrogens is 395 g/mol. The SMILES string of the molecule is C1=Cc2cc3ccc(cc4cc(-c5ccccc5)c(cc5nc(cc1n2)C=C5)[nH]4)[nH]3.[Al]. The number of nitrogens with one attached hydrogen (secondary N) is 2. The molecule has 2 aliphatic rings. The van der Waals surface area contributed by atoms with Crippen LogP contribution in [0.25, 0.3) is 57.5 Å². The number of hydrogen-bond acceptors (Lipinski definition) is 2. The van der Waals surface area contributed by atoms with Crippen LogP contribution >= 0.6 is 0 Å². The molecule has 5 heterocycles. The summed E-state index contributed by atoms with van der Waals surface area (Å²) < 4.78 is 0. The summed E-state index contributed by atoms with van der Waals surface area (Å²) in [5.74, 6) is 0. The van der Waals surface area contributed by atoms with Gasteiger partial charge >= 0.3 is 0 Å². The van der Waals surface area contributed by atoms with Gasteiger partial charge in [0.05, 0.1) is 22.8 Å². The molecule has 0 spiro atoms. The van der Waals surface area contributed by atoms with E-state index < -0.39 is 0 Å². The van der Waals surface area contributed by atoms with Crippen molar-refractivity contribution in [1.82, 2.24) is 19.9 Å². The van der Waals surface area contributed by atoms with Gasteiger partial charge in [-0.3, -0.25) is 0 Å². The largest absolute Gasteiger partial charge is 0.355 e. The maximum absolute atomic E-state index is 4.76. The molecule has 145 valence electrons. The van der Waals surface area contributed by atoms with Crippen LogP contribution < -0.4 is 0 Å². The van der Waals surface area contributed by atoms with Crippen molar-refractivity contribution >= 4 is 63.7 Å². The highest BCUT2D eigenvalue weighted by Crippen LogP contribution is 2.27. The van der Waals surface area contributed by atoms with Gasteiger partial charge < -0.3 is 9.97 Å². The maximum Gasteiger partial charge on any atom is 0.0659 e. The molecule has 3 radical (unpaired) electrons. The summed E-state index contributed by atoms with van der Waals surface area (Å²) in [6.45, 7) is 0. The monoisotopic (exact) mass is 413 g/mol. The van der Waals surface area contributed by atoms with Crippen molar-refractivity contribution in [3.05, 3.63) is 95.6 Å². The molecule has 0 fully saturated rings. The zero-order valence-corrected chi connectivity index (χ0v) is 17.9. The Morgan fingerprint density at radius 2 is 1.13 bits per heavy atom. The molecule has 0 saturated carbocycles. The van der Waals surface area contributed by atoms with Gasteiger partial charge in [-0.1, -0.05) is 30.3 Å². The molecule has 8 bridgehead atoms. The van der Waals surface area contributed by atoms with E-state index in [9.17, 15) is 0 Å². The van der Waals surface area contributed by atoms with E-state index in [4.69, 9.17) is 4.98 Å². The predicted molar refractivity (Wildman–Crippen MR) is 130 cm³/mol. The molecule has 1 aromatic carbocycles. The summed E-state index contributed by atoms with van der Waals surface area (Å²) >= 11 is 0. The Morgan fingerprint density at radius 3 is 1.84 bits per heavy atom. The first kappa shape index (κ1) is 19.3. The van der Waals surface area contributed by atoms with Crippen molar-refractivity contribution in [2.75, 3.05) is 0 Å². The molecule has 6 rings (SSSR count). The first-order valence-corrected chi connectivity index (χ1v) is 9.92. The Hall–Kier alpha value is -3.65. The van der Waals surface area contributed by atoms with E-state index in [0.29, 0.717) is 0 Å². The number of hydrogen-bond donors (Lipinski definition) is 2. The molecule has 2 aliphatic heterocycles. The number of H-pyrrole nitrogens is 2. The standard InChI is InChI=1S/C26H18N4.Al/c1-2-4-17(5-3-1)25-15-24-14-22-9-8-20(28-22)12-18-6-7-19(27-18)13-21-10-11-23(29-21)16-26(25)30-24;/h1-16,28,30H;. The average Bonchev–Trinajstić information content (AvgIpc) is 3.53. The van der Waals surface area contributed by atoms with Crippen LogP contribution in [-0.2, 0) is 0 Å². The van der Waals surface area contributed by atoms with Crippen LogP contribution in [0.15, 0.2) is 72.8 Å². The van der Waals surface area contributed by atoms with Gasteiger partial charge in [-0.2, -0.15) is 0 Å². The smallest absolute Gasteiger partial charge is 0.0659 e. The van der Waals surface area contributed by atoms with Crippen LogP contribution in [0, 0.1) is 0 Å². The minimum Gasteiger partial charge on any atom is -0.355 e. The average molecular weight is 413 g/mol. The third-order valence-electron chi connectivity index (χ3n) is 5.25. The third-order valence-corrected chi connectivity index (χ3v) is 5.25. The summed E-state index contributed by atoms with van der Waals surface area (Å²) in [5.41, 5.74) is 10.1. The normalized spacial score (nSPS) is 12.0. The molecule has 2 N–H and O–H groups in total. The van der Waals surface area contributed by atoms with Crippen molar-refractivity contribution in [2.24, 2.45) is 0 Å². The fraction of sp³-hybridized carbons (Fsp3) is 0. The van der Waals surface area contributed by atoms with Gasteiger partial charge in [0, 0.05) is 45.0 Å². The van der Waals surface area contributed by atoms with Crippen LogP contribution in [-0.4, -0.2) is 37.3 Å². The number of fused-ring (bicyclic) bond motifs is 8. The first-order chi connectivity index (χ1) is 14.8. The highest BCUT2D eigenvalue weighted by Gasteiger charge is 2.06. The van der Waals surface area contributed by atoms with Crippen molar-refractivity contribution < 1.29 is 0 Å². The van der Waals surface area contributed by atoms with Crippen LogP contribution in [0.5, 0.6) is 0 Å². The third kappa shape index (κ3) is 3.89. The molecule has 5 heteroatoms. The Balaban J connectivity index is 0.00000204. The van der Waals surface area contributed by atoms with Gasteiger partial charge in [0.25, 0.3) is 0 Å². The van der Waals surface area contributed by atoms with E-state index in [-0.39, 0.29) is 17.4 Å². The molecule has 4 aromatic rings. The molecule has 31 heavy (non-hydrogen) atoms. The number of nitrogens with zero attached hydrogens (tertiary/aromatic N) is 2. The van der Waals surface area contributed by atoms with Gasteiger partial charge in [0.1, 0.15) is 0 Å². The van der Waals surface area contributed by atoms with Crippen LogP contribution in [0.1, 0.15) is 22.8 Å². The van der Waals surface area contributed by atoms with Gasteiger partial charge in [0.2, 0.25) is 0 Å².